The van der Waals surface area contributed by atoms with E-state index in [0.29, 0.717) is 18.9 Å². The Morgan fingerprint density at radius 2 is 1.79 bits per heavy atom. The number of rotatable bonds is 5. The largest absolute Gasteiger partial charge is 0.392 e. The average Bonchev–Trinajstić information content (AvgIpc) is 3.08. The number of benzene rings is 2. The highest BCUT2D eigenvalue weighted by Crippen LogP contribution is 2.29. The number of nitrogens with zero attached hydrogens (tertiary/aromatic N) is 4. The van der Waals surface area contributed by atoms with Crippen LogP contribution in [0, 0.1) is 0 Å². The van der Waals surface area contributed by atoms with E-state index < -0.39 is 0 Å². The Hall–Kier alpha value is -4.16. The Kier molecular flexibility index (Phi) is 5.99. The summed E-state index contributed by atoms with van der Waals surface area (Å²) in [6.45, 7) is 0.866. The van der Waals surface area contributed by atoms with Crippen molar-refractivity contribution in [2.45, 2.75) is 19.7 Å². The van der Waals surface area contributed by atoms with Crippen LogP contribution in [0.1, 0.15) is 27.9 Å². The number of nitrogens with one attached hydrogen (secondary N) is 1. The molecule has 6 heteroatoms. The third-order valence-corrected chi connectivity index (χ3v) is 5.49. The number of aliphatic imine (C=N–C) groups is 2. The first-order valence-corrected chi connectivity index (χ1v) is 10.8. The Bertz CT molecular complexity index is 1320. The van der Waals surface area contributed by atoms with Crippen LogP contribution < -0.4 is 5.32 Å². The van der Waals surface area contributed by atoms with Gasteiger partial charge in [0.15, 0.2) is 0 Å². The van der Waals surface area contributed by atoms with E-state index in [0.717, 1.165) is 44.9 Å². The summed E-state index contributed by atoms with van der Waals surface area (Å²) in [7, 11) is 0. The van der Waals surface area contributed by atoms with Crippen molar-refractivity contribution in [2.75, 3.05) is 0 Å². The molecule has 3 heterocycles. The molecule has 2 N–H and O–H groups in total. The number of amidine groups is 2. The molecular weight excluding hydrogens is 410 g/mol. The lowest BCUT2D eigenvalue weighted by Gasteiger charge is -2.16. The highest BCUT2D eigenvalue weighted by Gasteiger charge is 2.21. The molecule has 0 aliphatic carbocycles. The van der Waals surface area contributed by atoms with Crippen LogP contribution in [0.3, 0.4) is 0 Å². The van der Waals surface area contributed by atoms with Gasteiger partial charge in [-0.3, -0.25) is 20.0 Å². The van der Waals surface area contributed by atoms with E-state index in [9.17, 15) is 5.11 Å². The molecule has 33 heavy (non-hydrogen) atoms. The molecular formula is C27H23N5O. The first-order chi connectivity index (χ1) is 16.3. The molecule has 1 aliphatic rings. The quantitative estimate of drug-likeness (QED) is 0.496. The first kappa shape index (κ1) is 20.7. The molecule has 0 spiro atoms. The van der Waals surface area contributed by atoms with Crippen LogP contribution in [0.5, 0.6) is 0 Å². The minimum atomic E-state index is -0.0763. The first-order valence-electron chi connectivity index (χ1n) is 10.8. The normalized spacial score (nSPS) is 14.2. The molecule has 162 valence electrons. The maximum absolute atomic E-state index is 9.55. The summed E-state index contributed by atoms with van der Waals surface area (Å²) in [6.07, 6.45) is 5.17. The number of aliphatic hydroxyl groups is 1. The number of fused-ring (bicyclic) bond motifs is 1. The minimum Gasteiger partial charge on any atom is -0.392 e. The van der Waals surface area contributed by atoms with Gasteiger partial charge in [-0.15, -0.1) is 0 Å². The number of aliphatic hydroxyl groups excluding tert-OH is 1. The van der Waals surface area contributed by atoms with Gasteiger partial charge in [-0.1, -0.05) is 54.6 Å². The van der Waals surface area contributed by atoms with Crippen molar-refractivity contribution < 1.29 is 5.11 Å². The Morgan fingerprint density at radius 3 is 2.61 bits per heavy atom. The SMILES string of the molecule is OCc1cncc(C2=NCc3cccc(-c4ccccc4)c3C(=NCc3ccccn3)N2)c1. The summed E-state index contributed by atoms with van der Waals surface area (Å²) < 4.78 is 0. The van der Waals surface area contributed by atoms with Crippen molar-refractivity contribution in [3.8, 4) is 11.1 Å². The summed E-state index contributed by atoms with van der Waals surface area (Å²) in [4.78, 5) is 18.5. The minimum absolute atomic E-state index is 0.0763. The molecule has 1 aliphatic heterocycles. The molecule has 4 aromatic rings. The van der Waals surface area contributed by atoms with Crippen LogP contribution in [0.15, 0.2) is 101 Å². The molecule has 2 aromatic carbocycles. The molecule has 0 amide bonds. The smallest absolute Gasteiger partial charge is 0.135 e. The van der Waals surface area contributed by atoms with Crippen molar-refractivity contribution in [1.82, 2.24) is 15.3 Å². The molecule has 0 atom stereocenters. The molecule has 6 nitrogen and oxygen atoms in total. The summed E-state index contributed by atoms with van der Waals surface area (Å²) >= 11 is 0. The summed E-state index contributed by atoms with van der Waals surface area (Å²) in [5, 5.41) is 13.0. The van der Waals surface area contributed by atoms with E-state index >= 15 is 0 Å². The predicted octanol–water partition coefficient (Wildman–Crippen LogP) is 4.13. The molecule has 0 saturated heterocycles. The molecule has 5 rings (SSSR count). The van der Waals surface area contributed by atoms with Crippen molar-refractivity contribution in [2.24, 2.45) is 9.98 Å². The highest BCUT2D eigenvalue weighted by atomic mass is 16.3. The predicted molar refractivity (Wildman–Crippen MR) is 130 cm³/mol. The van der Waals surface area contributed by atoms with Gasteiger partial charge in [0.1, 0.15) is 11.7 Å². The molecule has 0 bridgehead atoms. The van der Waals surface area contributed by atoms with Gasteiger partial charge in [0.05, 0.1) is 25.4 Å². The molecule has 0 unspecified atom stereocenters. The van der Waals surface area contributed by atoms with Gasteiger partial charge in [-0.2, -0.15) is 0 Å². The van der Waals surface area contributed by atoms with Crippen LogP contribution in [0.4, 0.5) is 0 Å². The molecule has 0 fully saturated rings. The zero-order valence-corrected chi connectivity index (χ0v) is 18.0. The number of pyridine rings is 2. The van der Waals surface area contributed by atoms with Crippen molar-refractivity contribution in [1.29, 1.82) is 0 Å². The monoisotopic (exact) mass is 433 g/mol. The second-order valence-electron chi connectivity index (χ2n) is 7.72. The Balaban J connectivity index is 1.62. The topological polar surface area (TPSA) is 82.8 Å². The molecule has 0 radical (unpaired) electrons. The van der Waals surface area contributed by atoms with E-state index in [-0.39, 0.29) is 6.61 Å². The van der Waals surface area contributed by atoms with Gasteiger partial charge < -0.3 is 10.4 Å². The lowest BCUT2D eigenvalue weighted by atomic mass is 9.94. The van der Waals surface area contributed by atoms with Gasteiger partial charge in [0.2, 0.25) is 0 Å². The summed E-state index contributed by atoms with van der Waals surface area (Å²) in [6, 6.07) is 24.3. The van der Waals surface area contributed by atoms with Crippen molar-refractivity contribution in [3.05, 3.63) is 119 Å². The maximum atomic E-state index is 9.55. The fourth-order valence-electron chi connectivity index (χ4n) is 3.89. The van der Waals surface area contributed by atoms with E-state index in [4.69, 9.17) is 9.98 Å². The highest BCUT2D eigenvalue weighted by molar-refractivity contribution is 6.18. The average molecular weight is 434 g/mol. The van der Waals surface area contributed by atoms with E-state index in [1.807, 2.05) is 42.5 Å². The zero-order chi connectivity index (χ0) is 22.5. The fraction of sp³-hybridized carbons (Fsp3) is 0.111. The summed E-state index contributed by atoms with van der Waals surface area (Å²) in [5.74, 6) is 1.41. The molecule has 0 saturated carbocycles. The number of aromatic nitrogens is 2. The fourth-order valence-corrected chi connectivity index (χ4v) is 3.89. The van der Waals surface area contributed by atoms with Crippen LogP contribution in [-0.4, -0.2) is 26.7 Å². The third kappa shape index (κ3) is 4.56. The van der Waals surface area contributed by atoms with Crippen LogP contribution in [0.2, 0.25) is 0 Å². The van der Waals surface area contributed by atoms with E-state index in [2.05, 4.69) is 45.6 Å². The number of hydrogen-bond donors (Lipinski definition) is 2. The maximum Gasteiger partial charge on any atom is 0.135 e. The van der Waals surface area contributed by atoms with Gasteiger partial charge in [0.25, 0.3) is 0 Å². The van der Waals surface area contributed by atoms with Gasteiger partial charge in [-0.25, -0.2) is 0 Å². The Morgan fingerprint density at radius 1 is 0.909 bits per heavy atom. The van der Waals surface area contributed by atoms with Crippen molar-refractivity contribution in [3.63, 3.8) is 0 Å². The number of hydrogen-bond acceptors (Lipinski definition) is 5. The second-order valence-corrected chi connectivity index (χ2v) is 7.72. The lowest BCUT2D eigenvalue weighted by molar-refractivity contribution is 0.281. The lowest BCUT2D eigenvalue weighted by Crippen LogP contribution is -2.32. The van der Waals surface area contributed by atoms with E-state index in [1.165, 1.54) is 0 Å². The zero-order valence-electron chi connectivity index (χ0n) is 18.0. The van der Waals surface area contributed by atoms with Gasteiger partial charge in [0, 0.05) is 29.7 Å². The van der Waals surface area contributed by atoms with E-state index in [1.54, 1.807) is 18.6 Å². The Labute approximate surface area is 192 Å². The van der Waals surface area contributed by atoms with Crippen LogP contribution in [0.25, 0.3) is 11.1 Å². The second kappa shape index (κ2) is 9.54. The van der Waals surface area contributed by atoms with Crippen LogP contribution in [-0.2, 0) is 19.7 Å². The van der Waals surface area contributed by atoms with Crippen LogP contribution >= 0.6 is 0 Å². The van der Waals surface area contributed by atoms with Gasteiger partial charge in [-0.05, 0) is 40.5 Å². The standard InChI is InChI=1S/C27H23N5O/c33-18-19-13-22(15-28-14-19)26-30-16-21-9-6-11-24(20-7-2-1-3-8-20)25(21)27(32-26)31-17-23-10-4-5-12-29-23/h1-15,33H,16-18H2,(H,30,31,32). The molecule has 2 aromatic heterocycles. The van der Waals surface area contributed by atoms with Gasteiger partial charge >= 0.3 is 0 Å². The summed E-state index contributed by atoms with van der Waals surface area (Å²) in [5.41, 5.74) is 6.76. The third-order valence-electron chi connectivity index (χ3n) is 5.49. The van der Waals surface area contributed by atoms with Crippen molar-refractivity contribution >= 4 is 11.7 Å².